The van der Waals surface area contributed by atoms with E-state index in [0.29, 0.717) is 17.4 Å². The van der Waals surface area contributed by atoms with E-state index in [-0.39, 0.29) is 5.75 Å². The molecule has 0 radical (unpaired) electrons. The molecule has 1 aliphatic heterocycles. The maximum Gasteiger partial charge on any atom is 0.165 e. The summed E-state index contributed by atoms with van der Waals surface area (Å²) in [7, 11) is 0. The van der Waals surface area contributed by atoms with Gasteiger partial charge in [-0.2, -0.15) is 0 Å². The fourth-order valence-corrected chi connectivity index (χ4v) is 3.26. The Labute approximate surface area is 152 Å². The lowest BCUT2D eigenvalue weighted by Gasteiger charge is -2.16. The SMILES string of the molecule is C=C(C)c1ccc(O)c(-c2nc(N[C@H]3CCNC3)c3ccccc3n2)c1. The highest BCUT2D eigenvalue weighted by molar-refractivity contribution is 5.91. The van der Waals surface area contributed by atoms with Gasteiger partial charge in [0.1, 0.15) is 11.6 Å². The molecule has 26 heavy (non-hydrogen) atoms. The molecule has 1 aliphatic rings. The Morgan fingerprint density at radius 3 is 2.85 bits per heavy atom. The largest absolute Gasteiger partial charge is 0.507 e. The average molecular weight is 346 g/mol. The number of fused-ring (bicyclic) bond motifs is 1. The number of hydrogen-bond acceptors (Lipinski definition) is 5. The molecule has 2 heterocycles. The highest BCUT2D eigenvalue weighted by Crippen LogP contribution is 2.32. The summed E-state index contributed by atoms with van der Waals surface area (Å²) in [4.78, 5) is 9.44. The van der Waals surface area contributed by atoms with Crippen molar-refractivity contribution in [1.29, 1.82) is 0 Å². The van der Waals surface area contributed by atoms with Crippen LogP contribution in [0.25, 0.3) is 27.9 Å². The van der Waals surface area contributed by atoms with Crippen molar-refractivity contribution in [1.82, 2.24) is 15.3 Å². The minimum absolute atomic E-state index is 0.166. The van der Waals surface area contributed by atoms with Gasteiger partial charge in [-0.25, -0.2) is 9.97 Å². The van der Waals surface area contributed by atoms with E-state index in [2.05, 4.69) is 22.2 Å². The van der Waals surface area contributed by atoms with E-state index < -0.39 is 0 Å². The van der Waals surface area contributed by atoms with E-state index in [1.165, 1.54) is 0 Å². The van der Waals surface area contributed by atoms with Crippen LogP contribution in [0.15, 0.2) is 49.0 Å². The number of para-hydroxylation sites is 1. The highest BCUT2D eigenvalue weighted by Gasteiger charge is 2.18. The van der Waals surface area contributed by atoms with Crippen LogP contribution < -0.4 is 10.6 Å². The minimum atomic E-state index is 0.166. The summed E-state index contributed by atoms with van der Waals surface area (Å²) in [6.45, 7) is 7.86. The number of benzene rings is 2. The van der Waals surface area contributed by atoms with Gasteiger partial charge >= 0.3 is 0 Å². The molecule has 0 saturated carbocycles. The second-order valence-corrected chi connectivity index (χ2v) is 6.76. The number of hydrogen-bond donors (Lipinski definition) is 3. The molecule has 3 aromatic rings. The highest BCUT2D eigenvalue weighted by atomic mass is 16.3. The molecule has 0 spiro atoms. The number of anilines is 1. The first-order valence-corrected chi connectivity index (χ1v) is 8.85. The maximum absolute atomic E-state index is 10.4. The van der Waals surface area contributed by atoms with E-state index in [1.54, 1.807) is 6.07 Å². The lowest BCUT2D eigenvalue weighted by atomic mass is 10.0. The molecule has 2 aromatic carbocycles. The van der Waals surface area contributed by atoms with Crippen molar-refractivity contribution in [3.05, 3.63) is 54.6 Å². The third-order valence-electron chi connectivity index (χ3n) is 4.73. The Morgan fingerprint density at radius 2 is 2.08 bits per heavy atom. The smallest absolute Gasteiger partial charge is 0.165 e. The molecule has 4 rings (SSSR count). The average Bonchev–Trinajstić information content (AvgIpc) is 3.15. The lowest BCUT2D eigenvalue weighted by Crippen LogP contribution is -2.23. The van der Waals surface area contributed by atoms with Gasteiger partial charge in [-0.1, -0.05) is 30.4 Å². The Hall–Kier alpha value is -2.92. The first-order valence-electron chi connectivity index (χ1n) is 8.85. The van der Waals surface area contributed by atoms with Crippen LogP contribution in [-0.4, -0.2) is 34.2 Å². The molecule has 1 aromatic heterocycles. The molecular formula is C21H22N4O. The topological polar surface area (TPSA) is 70.1 Å². The lowest BCUT2D eigenvalue weighted by molar-refractivity contribution is 0.477. The Bertz CT molecular complexity index is 977. The molecule has 0 unspecified atom stereocenters. The van der Waals surface area contributed by atoms with Crippen LogP contribution in [0.2, 0.25) is 0 Å². The van der Waals surface area contributed by atoms with Crippen LogP contribution in [-0.2, 0) is 0 Å². The summed E-state index contributed by atoms with van der Waals surface area (Å²) in [5, 5.41) is 18.3. The molecule has 1 fully saturated rings. The van der Waals surface area contributed by atoms with E-state index in [4.69, 9.17) is 4.98 Å². The molecule has 3 N–H and O–H groups in total. The van der Waals surface area contributed by atoms with Crippen molar-refractivity contribution in [3.8, 4) is 17.1 Å². The first kappa shape index (κ1) is 16.5. The van der Waals surface area contributed by atoms with Crippen LogP contribution in [0, 0.1) is 0 Å². The van der Waals surface area contributed by atoms with Crippen molar-refractivity contribution in [2.24, 2.45) is 0 Å². The molecule has 5 heteroatoms. The fraction of sp³-hybridized carbons (Fsp3) is 0.238. The molecule has 1 atom stereocenters. The van der Waals surface area contributed by atoms with Crippen molar-refractivity contribution in [3.63, 3.8) is 0 Å². The zero-order chi connectivity index (χ0) is 18.1. The van der Waals surface area contributed by atoms with Gasteiger partial charge < -0.3 is 15.7 Å². The maximum atomic E-state index is 10.4. The number of allylic oxidation sites excluding steroid dienone is 1. The molecule has 5 nitrogen and oxygen atoms in total. The second kappa shape index (κ2) is 6.77. The predicted molar refractivity (Wildman–Crippen MR) is 106 cm³/mol. The molecule has 0 aliphatic carbocycles. The molecule has 0 amide bonds. The van der Waals surface area contributed by atoms with Gasteiger partial charge in [0.25, 0.3) is 0 Å². The van der Waals surface area contributed by atoms with Gasteiger partial charge in [0.2, 0.25) is 0 Å². The van der Waals surface area contributed by atoms with Crippen LogP contribution in [0.1, 0.15) is 18.9 Å². The quantitative estimate of drug-likeness (QED) is 0.670. The van der Waals surface area contributed by atoms with Crippen LogP contribution in [0.3, 0.4) is 0 Å². The third-order valence-corrected chi connectivity index (χ3v) is 4.73. The number of phenols is 1. The molecule has 1 saturated heterocycles. The first-order chi connectivity index (χ1) is 12.6. The van der Waals surface area contributed by atoms with E-state index >= 15 is 0 Å². The second-order valence-electron chi connectivity index (χ2n) is 6.76. The number of rotatable bonds is 4. The van der Waals surface area contributed by atoms with E-state index in [9.17, 15) is 5.11 Å². The van der Waals surface area contributed by atoms with Gasteiger partial charge in [-0.05, 0) is 49.7 Å². The van der Waals surface area contributed by atoms with Crippen molar-refractivity contribution >= 4 is 22.3 Å². The molecule has 0 bridgehead atoms. The summed E-state index contributed by atoms with van der Waals surface area (Å²) in [6.07, 6.45) is 1.06. The summed E-state index contributed by atoms with van der Waals surface area (Å²) in [5.41, 5.74) is 3.36. The zero-order valence-corrected chi connectivity index (χ0v) is 14.8. The van der Waals surface area contributed by atoms with Crippen LogP contribution in [0.4, 0.5) is 5.82 Å². The Morgan fingerprint density at radius 1 is 1.23 bits per heavy atom. The minimum Gasteiger partial charge on any atom is -0.507 e. The number of aromatic hydroxyl groups is 1. The summed E-state index contributed by atoms with van der Waals surface area (Å²) in [5.74, 6) is 1.48. The molecule has 132 valence electrons. The Kier molecular flexibility index (Phi) is 4.31. The van der Waals surface area contributed by atoms with Gasteiger partial charge in [0, 0.05) is 18.0 Å². The summed E-state index contributed by atoms with van der Waals surface area (Å²) >= 11 is 0. The Balaban J connectivity index is 1.85. The third kappa shape index (κ3) is 3.13. The number of aromatic nitrogens is 2. The number of nitrogens with one attached hydrogen (secondary N) is 2. The van der Waals surface area contributed by atoms with E-state index in [1.807, 2.05) is 43.3 Å². The summed E-state index contributed by atoms with van der Waals surface area (Å²) < 4.78 is 0. The van der Waals surface area contributed by atoms with Gasteiger partial charge in [0.15, 0.2) is 5.82 Å². The normalized spacial score (nSPS) is 16.7. The standard InChI is InChI=1S/C21H22N4O/c1-13(2)14-7-8-19(26)17(11-14)21-24-18-6-4-3-5-16(18)20(25-21)23-15-9-10-22-12-15/h3-8,11,15,22,26H,1,9-10,12H2,2H3,(H,23,24,25)/t15-/m0/s1. The zero-order valence-electron chi connectivity index (χ0n) is 14.8. The summed E-state index contributed by atoms with van der Waals surface area (Å²) in [6, 6.07) is 13.7. The van der Waals surface area contributed by atoms with Crippen molar-refractivity contribution in [2.75, 3.05) is 18.4 Å². The van der Waals surface area contributed by atoms with Crippen LogP contribution >= 0.6 is 0 Å². The number of phenolic OH excluding ortho intramolecular Hbond substituents is 1. The predicted octanol–water partition coefficient (Wildman–Crippen LogP) is 3.81. The molecular weight excluding hydrogens is 324 g/mol. The monoisotopic (exact) mass is 346 g/mol. The van der Waals surface area contributed by atoms with Gasteiger partial charge in [0.05, 0.1) is 11.1 Å². The van der Waals surface area contributed by atoms with Crippen LogP contribution in [0.5, 0.6) is 5.75 Å². The van der Waals surface area contributed by atoms with Gasteiger partial charge in [-0.15, -0.1) is 0 Å². The number of nitrogens with zero attached hydrogens (tertiary/aromatic N) is 2. The van der Waals surface area contributed by atoms with E-state index in [0.717, 1.165) is 47.4 Å². The van der Waals surface area contributed by atoms with Gasteiger partial charge in [-0.3, -0.25) is 0 Å². The van der Waals surface area contributed by atoms with Crippen molar-refractivity contribution < 1.29 is 5.11 Å². The fourth-order valence-electron chi connectivity index (χ4n) is 3.26. The van der Waals surface area contributed by atoms with Crippen molar-refractivity contribution in [2.45, 2.75) is 19.4 Å².